The Hall–Kier alpha value is -1.94. The first-order valence-corrected chi connectivity index (χ1v) is 6.51. The van der Waals surface area contributed by atoms with Crippen molar-refractivity contribution in [3.8, 4) is 0 Å². The molecule has 0 radical (unpaired) electrons. The van der Waals surface area contributed by atoms with E-state index in [-0.39, 0.29) is 12.1 Å². The molecule has 0 bridgehead atoms. The van der Waals surface area contributed by atoms with Gasteiger partial charge in [-0.25, -0.2) is 8.78 Å². The van der Waals surface area contributed by atoms with Gasteiger partial charge < -0.3 is 5.32 Å². The minimum Gasteiger partial charge on any atom is -0.348 e. The number of carbonyl (C=O) groups is 1. The van der Waals surface area contributed by atoms with Crippen LogP contribution in [0.1, 0.15) is 21.5 Å². The highest BCUT2D eigenvalue weighted by Crippen LogP contribution is 2.12. The fourth-order valence-corrected chi connectivity index (χ4v) is 1.95. The van der Waals surface area contributed by atoms with Crippen LogP contribution in [0.2, 0.25) is 0 Å². The SMILES string of the molecule is O=C(NCc1cccc(CCl)c1)c1cccc(F)c1F. The Morgan fingerprint density at radius 1 is 1.10 bits per heavy atom. The summed E-state index contributed by atoms with van der Waals surface area (Å²) in [6, 6.07) is 10.8. The molecule has 1 amide bonds. The summed E-state index contributed by atoms with van der Waals surface area (Å²) in [6.07, 6.45) is 0. The molecular weight excluding hydrogens is 284 g/mol. The number of nitrogens with one attached hydrogen (secondary N) is 1. The van der Waals surface area contributed by atoms with E-state index in [1.807, 2.05) is 24.3 Å². The molecule has 0 spiro atoms. The van der Waals surface area contributed by atoms with Crippen molar-refractivity contribution in [2.75, 3.05) is 0 Å². The third kappa shape index (κ3) is 3.33. The maximum atomic E-state index is 13.4. The van der Waals surface area contributed by atoms with Gasteiger partial charge in [0.2, 0.25) is 0 Å². The maximum absolute atomic E-state index is 13.4. The number of carbonyl (C=O) groups excluding carboxylic acids is 1. The highest BCUT2D eigenvalue weighted by atomic mass is 35.5. The predicted molar refractivity (Wildman–Crippen MR) is 73.5 cm³/mol. The number of halogens is 3. The molecule has 2 aromatic rings. The van der Waals surface area contributed by atoms with E-state index >= 15 is 0 Å². The van der Waals surface area contributed by atoms with Crippen molar-refractivity contribution in [3.63, 3.8) is 0 Å². The van der Waals surface area contributed by atoms with Crippen LogP contribution in [0.3, 0.4) is 0 Å². The smallest absolute Gasteiger partial charge is 0.254 e. The van der Waals surface area contributed by atoms with Crippen LogP contribution in [0.15, 0.2) is 42.5 Å². The van der Waals surface area contributed by atoms with Crippen molar-refractivity contribution in [1.82, 2.24) is 5.32 Å². The molecule has 2 aromatic carbocycles. The van der Waals surface area contributed by atoms with Gasteiger partial charge in [0, 0.05) is 12.4 Å². The van der Waals surface area contributed by atoms with Crippen molar-refractivity contribution < 1.29 is 13.6 Å². The second-order valence-corrected chi connectivity index (χ2v) is 4.50. The van der Waals surface area contributed by atoms with Crippen LogP contribution in [-0.4, -0.2) is 5.91 Å². The molecule has 0 aliphatic carbocycles. The Kier molecular flexibility index (Phi) is 4.69. The number of alkyl halides is 1. The molecular formula is C15H12ClF2NO. The van der Waals surface area contributed by atoms with E-state index in [0.29, 0.717) is 5.88 Å². The van der Waals surface area contributed by atoms with Crippen molar-refractivity contribution in [2.45, 2.75) is 12.4 Å². The lowest BCUT2D eigenvalue weighted by Gasteiger charge is -2.07. The second kappa shape index (κ2) is 6.48. The van der Waals surface area contributed by atoms with E-state index in [4.69, 9.17) is 11.6 Å². The molecule has 1 N–H and O–H groups in total. The van der Waals surface area contributed by atoms with E-state index in [2.05, 4.69) is 5.32 Å². The van der Waals surface area contributed by atoms with Crippen LogP contribution in [0.25, 0.3) is 0 Å². The summed E-state index contributed by atoms with van der Waals surface area (Å²) >= 11 is 5.72. The fourth-order valence-electron chi connectivity index (χ4n) is 1.78. The first kappa shape index (κ1) is 14.5. The van der Waals surface area contributed by atoms with Gasteiger partial charge in [0.25, 0.3) is 5.91 Å². The summed E-state index contributed by atoms with van der Waals surface area (Å²) in [5, 5.41) is 2.55. The average molecular weight is 296 g/mol. The van der Waals surface area contributed by atoms with Gasteiger partial charge >= 0.3 is 0 Å². The molecule has 2 nitrogen and oxygen atoms in total. The maximum Gasteiger partial charge on any atom is 0.254 e. The van der Waals surface area contributed by atoms with Gasteiger partial charge in [-0.1, -0.05) is 30.3 Å². The molecule has 2 rings (SSSR count). The van der Waals surface area contributed by atoms with E-state index < -0.39 is 17.5 Å². The van der Waals surface area contributed by atoms with Crippen LogP contribution >= 0.6 is 11.6 Å². The van der Waals surface area contributed by atoms with Gasteiger partial charge in [-0.15, -0.1) is 11.6 Å². The zero-order valence-electron chi connectivity index (χ0n) is 10.5. The summed E-state index contributed by atoms with van der Waals surface area (Å²) in [6.45, 7) is 0.222. The zero-order valence-corrected chi connectivity index (χ0v) is 11.3. The summed E-state index contributed by atoms with van der Waals surface area (Å²) in [5.41, 5.74) is 1.46. The Labute approximate surface area is 120 Å². The number of rotatable bonds is 4. The molecule has 0 heterocycles. The summed E-state index contributed by atoms with van der Waals surface area (Å²) in [7, 11) is 0. The van der Waals surface area contributed by atoms with Gasteiger partial charge in [0.05, 0.1) is 5.56 Å². The standard InChI is InChI=1S/C15H12ClF2NO/c16-8-10-3-1-4-11(7-10)9-19-15(20)12-5-2-6-13(17)14(12)18/h1-7H,8-9H2,(H,19,20). The Balaban J connectivity index is 2.06. The molecule has 0 atom stereocenters. The van der Waals surface area contributed by atoms with E-state index in [1.54, 1.807) is 0 Å². The molecule has 104 valence electrons. The highest BCUT2D eigenvalue weighted by Gasteiger charge is 2.14. The van der Waals surface area contributed by atoms with Crippen molar-refractivity contribution >= 4 is 17.5 Å². The zero-order chi connectivity index (χ0) is 14.5. The largest absolute Gasteiger partial charge is 0.348 e. The van der Waals surface area contributed by atoms with Crippen LogP contribution in [0, 0.1) is 11.6 Å². The first-order chi connectivity index (χ1) is 9.61. The van der Waals surface area contributed by atoms with E-state index in [0.717, 1.165) is 17.2 Å². The minimum atomic E-state index is -1.14. The molecule has 0 aliphatic heterocycles. The summed E-state index contributed by atoms with van der Waals surface area (Å²) in [5.74, 6) is -2.46. The van der Waals surface area contributed by atoms with E-state index in [9.17, 15) is 13.6 Å². The topological polar surface area (TPSA) is 29.1 Å². The molecule has 5 heteroatoms. The number of benzene rings is 2. The van der Waals surface area contributed by atoms with Crippen molar-refractivity contribution in [3.05, 3.63) is 70.8 Å². The fraction of sp³-hybridized carbons (Fsp3) is 0.133. The molecule has 0 saturated carbocycles. The van der Waals surface area contributed by atoms with Gasteiger partial charge in [0.1, 0.15) is 0 Å². The lowest BCUT2D eigenvalue weighted by atomic mass is 10.1. The van der Waals surface area contributed by atoms with E-state index in [1.165, 1.54) is 12.1 Å². The quantitative estimate of drug-likeness (QED) is 0.857. The minimum absolute atomic E-state index is 0.222. The molecule has 0 unspecified atom stereocenters. The number of hydrogen-bond acceptors (Lipinski definition) is 1. The second-order valence-electron chi connectivity index (χ2n) is 4.24. The monoisotopic (exact) mass is 295 g/mol. The van der Waals surface area contributed by atoms with Gasteiger partial charge in [-0.2, -0.15) is 0 Å². The molecule has 0 aliphatic rings. The third-order valence-corrected chi connectivity index (χ3v) is 3.10. The molecule has 20 heavy (non-hydrogen) atoms. The van der Waals surface area contributed by atoms with Gasteiger partial charge in [0.15, 0.2) is 11.6 Å². The lowest BCUT2D eigenvalue weighted by molar-refractivity contribution is 0.0946. The molecule has 0 saturated heterocycles. The Morgan fingerprint density at radius 2 is 1.80 bits per heavy atom. The first-order valence-electron chi connectivity index (χ1n) is 5.98. The van der Waals surface area contributed by atoms with Crippen LogP contribution in [0.4, 0.5) is 8.78 Å². The number of amides is 1. The Morgan fingerprint density at radius 3 is 2.55 bits per heavy atom. The van der Waals surface area contributed by atoms with Crippen molar-refractivity contribution in [1.29, 1.82) is 0 Å². The highest BCUT2D eigenvalue weighted by molar-refractivity contribution is 6.17. The predicted octanol–water partition coefficient (Wildman–Crippen LogP) is 3.63. The molecule has 0 fully saturated rings. The average Bonchev–Trinajstić information content (AvgIpc) is 2.48. The van der Waals surface area contributed by atoms with Crippen LogP contribution in [0.5, 0.6) is 0 Å². The van der Waals surface area contributed by atoms with Crippen LogP contribution < -0.4 is 5.32 Å². The van der Waals surface area contributed by atoms with Crippen LogP contribution in [-0.2, 0) is 12.4 Å². The lowest BCUT2D eigenvalue weighted by Crippen LogP contribution is -2.24. The van der Waals surface area contributed by atoms with Gasteiger partial charge in [-0.3, -0.25) is 4.79 Å². The third-order valence-electron chi connectivity index (χ3n) is 2.79. The molecule has 0 aromatic heterocycles. The normalized spacial score (nSPS) is 10.3. The van der Waals surface area contributed by atoms with Gasteiger partial charge in [-0.05, 0) is 23.3 Å². The summed E-state index contributed by atoms with van der Waals surface area (Å²) < 4.78 is 26.5. The Bertz CT molecular complexity index is 631. The number of hydrogen-bond donors (Lipinski definition) is 1. The van der Waals surface area contributed by atoms with Crippen molar-refractivity contribution in [2.24, 2.45) is 0 Å². The summed E-state index contributed by atoms with van der Waals surface area (Å²) in [4.78, 5) is 11.8.